The Morgan fingerprint density at radius 1 is 0.750 bits per heavy atom. The van der Waals surface area contributed by atoms with Gasteiger partial charge in [0.15, 0.2) is 0 Å². The predicted octanol–water partition coefficient (Wildman–Crippen LogP) is -2.99. The van der Waals surface area contributed by atoms with Gasteiger partial charge < -0.3 is 22.3 Å². The van der Waals surface area contributed by atoms with E-state index in [4.69, 9.17) is 33.6 Å². The first-order chi connectivity index (χ1) is 25.9. The van der Waals surface area contributed by atoms with Crippen molar-refractivity contribution in [2.75, 3.05) is 5.73 Å². The van der Waals surface area contributed by atoms with Gasteiger partial charge in [0.2, 0.25) is 0 Å². The van der Waals surface area contributed by atoms with Crippen molar-refractivity contribution in [2.45, 2.75) is 0 Å². The summed E-state index contributed by atoms with van der Waals surface area (Å²) in [7, 11) is 9.87. The number of non-ortho nitro benzene ring substituents is 2. The molecule has 19 nitrogen and oxygen atoms in total. The molecule has 0 atom stereocenters. The fraction of sp³-hybridized carbons (Fsp3) is 0. The van der Waals surface area contributed by atoms with Crippen molar-refractivity contribution in [3.63, 3.8) is 0 Å². The monoisotopic (exact) mass is 1160 g/mol. The van der Waals surface area contributed by atoms with Crippen LogP contribution in [0.5, 0.6) is 0 Å². The first-order valence-corrected chi connectivity index (χ1v) is 21.3. The number of nitro groups is 2. The Labute approximate surface area is 452 Å². The van der Waals surface area contributed by atoms with Gasteiger partial charge in [0.1, 0.15) is 5.82 Å². The zero-order valence-corrected chi connectivity index (χ0v) is 46.1. The number of anilines is 1. The average molecular weight is 1160 g/mol. The SMILES string of the molecule is Nc1ccc(-n2ccncc2=O)cc1.O=CO[O-].O=[N+]([O-])c1ccc(F)cc1.O=c1cncc[nH]1.O=c1cnccn1-c1ccc([N+](=O)[O-])cc1.[Cl][Sn][Cl].[Cs+].[Cs+].[H-]. The topological polar surface area (TPSA) is 277 Å². The van der Waals surface area contributed by atoms with Crippen molar-refractivity contribution in [3.05, 3.63) is 186 Å². The summed E-state index contributed by atoms with van der Waals surface area (Å²) in [4.78, 5) is 76.9. The maximum absolute atomic E-state index is 12.1. The third-order valence-corrected chi connectivity index (χ3v) is 5.61. The van der Waals surface area contributed by atoms with Crippen LogP contribution in [0.3, 0.4) is 0 Å². The summed E-state index contributed by atoms with van der Waals surface area (Å²) in [5.74, 6) is -0.467. The average Bonchev–Trinajstić information content (AvgIpc) is 3.17. The molecule has 282 valence electrons. The number of aromatic nitrogens is 6. The Morgan fingerprint density at radius 3 is 1.43 bits per heavy atom. The van der Waals surface area contributed by atoms with Crippen LogP contribution in [0.15, 0.2) is 143 Å². The van der Waals surface area contributed by atoms with Crippen molar-refractivity contribution in [2.24, 2.45) is 0 Å². The number of nitrogens with two attached hydrogens (primary N) is 1. The number of nitrogen functional groups attached to an aromatic ring is 1. The molecule has 3 heterocycles. The van der Waals surface area contributed by atoms with E-state index in [0.717, 1.165) is 30.0 Å². The van der Waals surface area contributed by atoms with Gasteiger partial charge in [0, 0.05) is 78.5 Å². The number of nitrogens with zero attached hydrogens (tertiary/aromatic N) is 7. The van der Waals surface area contributed by atoms with Crippen LogP contribution in [0.25, 0.3) is 11.4 Å². The van der Waals surface area contributed by atoms with Crippen LogP contribution in [0.4, 0.5) is 21.5 Å². The third kappa shape index (κ3) is 23.8. The fourth-order valence-corrected chi connectivity index (χ4v) is 3.36. The molecule has 0 bridgehead atoms. The molecule has 6 rings (SSSR count). The van der Waals surface area contributed by atoms with E-state index >= 15 is 0 Å². The number of nitro benzene ring substituents is 2. The van der Waals surface area contributed by atoms with Crippen molar-refractivity contribution < 1.29 is 168 Å². The van der Waals surface area contributed by atoms with Gasteiger partial charge in [-0.1, -0.05) is 0 Å². The van der Waals surface area contributed by atoms with Crippen LogP contribution in [0, 0.1) is 26.0 Å². The number of H-pyrrole nitrogens is 1. The van der Waals surface area contributed by atoms with Gasteiger partial charge in [-0.05, 0) is 48.5 Å². The van der Waals surface area contributed by atoms with Gasteiger partial charge in [-0.15, -0.1) is 0 Å². The fourth-order valence-electron chi connectivity index (χ4n) is 3.36. The van der Waals surface area contributed by atoms with E-state index in [9.17, 15) is 39.0 Å². The number of hydrogen-bond donors (Lipinski definition) is 2. The number of nitrogens with one attached hydrogen (secondary N) is 1. The van der Waals surface area contributed by atoms with Crippen molar-refractivity contribution in [1.82, 2.24) is 29.1 Å². The van der Waals surface area contributed by atoms with E-state index in [1.165, 1.54) is 76.8 Å². The number of carbonyl (C=O) groups is 1. The molecular weight excluding hydrogens is 1130 g/mol. The van der Waals surface area contributed by atoms with E-state index in [2.05, 4.69) is 24.8 Å². The molecule has 3 aromatic carbocycles. The minimum absolute atomic E-state index is 0. The maximum Gasteiger partial charge on any atom is 1.00 e. The summed E-state index contributed by atoms with van der Waals surface area (Å²) >= 11 is -0.826. The molecule has 3 N–H and O–H groups in total. The summed E-state index contributed by atoms with van der Waals surface area (Å²) in [5.41, 5.74) is 6.87. The molecule has 0 saturated carbocycles. The minimum atomic E-state index is -0.826. The molecule has 25 heteroatoms. The molecule has 0 aliphatic heterocycles. The van der Waals surface area contributed by atoms with Crippen LogP contribution in [0.2, 0.25) is 0 Å². The second kappa shape index (κ2) is 33.7. The Bertz CT molecular complexity index is 2200. The Balaban J connectivity index is -0.000000653. The van der Waals surface area contributed by atoms with Crippen LogP contribution in [-0.2, 0) is 9.68 Å². The van der Waals surface area contributed by atoms with E-state index in [-0.39, 0.29) is 174 Å². The second-order valence-electron chi connectivity index (χ2n) is 9.03. The number of hydrogen-bond acceptors (Lipinski definition) is 14. The second-order valence-corrected chi connectivity index (χ2v) is 13.3. The molecule has 0 spiro atoms. The molecule has 56 heavy (non-hydrogen) atoms. The van der Waals surface area contributed by atoms with Gasteiger partial charge in [0.05, 0.1) is 28.4 Å². The summed E-state index contributed by atoms with van der Waals surface area (Å²) < 4.78 is 15.0. The Kier molecular flexibility index (Phi) is 33.6. The van der Waals surface area contributed by atoms with Gasteiger partial charge in [0.25, 0.3) is 34.5 Å². The third-order valence-electron chi connectivity index (χ3n) is 5.61. The molecule has 0 unspecified atom stereocenters. The van der Waals surface area contributed by atoms with Gasteiger partial charge in [-0.25, -0.2) is 4.39 Å². The summed E-state index contributed by atoms with van der Waals surface area (Å²) in [5, 5.41) is 28.9. The number of carbonyl (C=O) groups excluding carboxylic acids is 1. The largest absolute Gasteiger partial charge is 1.00 e. The molecule has 0 amide bonds. The molecule has 0 saturated heterocycles. The minimum Gasteiger partial charge on any atom is -1.00 e. The summed E-state index contributed by atoms with van der Waals surface area (Å²) in [6.07, 6.45) is 12.8. The van der Waals surface area contributed by atoms with E-state index in [1.807, 2.05) is 0 Å². The van der Waals surface area contributed by atoms with Crippen LogP contribution in [0.1, 0.15) is 1.43 Å². The van der Waals surface area contributed by atoms with Gasteiger partial charge in [-0.3, -0.25) is 63.5 Å². The van der Waals surface area contributed by atoms with Crippen LogP contribution in [-0.4, -0.2) is 64.3 Å². The van der Waals surface area contributed by atoms with Gasteiger partial charge >= 0.3 is 175 Å². The van der Waals surface area contributed by atoms with E-state index < -0.39 is 34.6 Å². The van der Waals surface area contributed by atoms with Crippen LogP contribution >= 0.6 is 17.8 Å². The number of aromatic amines is 1. The normalized spacial score (nSPS) is 8.79. The Hall–Kier alpha value is -2.26. The predicted molar refractivity (Wildman–Crippen MR) is 194 cm³/mol. The van der Waals surface area contributed by atoms with Crippen molar-refractivity contribution in [1.29, 1.82) is 0 Å². The smallest absolute Gasteiger partial charge is 1.00 e. The van der Waals surface area contributed by atoms with Gasteiger partial charge in [-0.2, -0.15) is 0 Å². The number of rotatable bonds is 5. The van der Waals surface area contributed by atoms with E-state index in [0.29, 0.717) is 11.4 Å². The van der Waals surface area contributed by atoms with Crippen molar-refractivity contribution >= 4 is 60.3 Å². The van der Waals surface area contributed by atoms with Crippen molar-refractivity contribution in [3.8, 4) is 11.4 Å². The molecule has 6 aromatic rings. The zero-order chi connectivity index (χ0) is 40.3. The molecule has 0 aliphatic rings. The zero-order valence-electron chi connectivity index (χ0n) is 30.1. The molecule has 2 radical (unpaired) electrons. The Morgan fingerprint density at radius 2 is 1.12 bits per heavy atom. The van der Waals surface area contributed by atoms with Crippen LogP contribution < -0.4 is 165 Å². The molecular formula is C31H26Cl2Cs2FN9O10Sn. The summed E-state index contributed by atoms with van der Waals surface area (Å²) in [6, 6.07) is 17.2. The standard InChI is InChI=1S/C10H7N3O3.C10H9N3O.C6H4FNO2.C4H4N2O.CH2O3.2ClH.2Cs.Sn.H/c14-10-7-11-5-6-12(10)8-1-3-9(4-2-8)13(15)16;11-8-1-3-9(4-2-8)13-6-5-12-7-10(13)14;7-5-1-3-6(4-2-5)8(9)10;7-4-3-5-1-2-6-4;2-1-4-3;;;;;;/h1-7H;1-7H,11H2;1-4H;1-3H,(H,6,7);1,3H;2*1H;;;;/q;;;;;;;2*+1;+2;-1/p-3. The molecule has 0 aliphatic carbocycles. The first kappa shape index (κ1) is 55.8. The number of benzene rings is 3. The molecule has 3 aromatic heterocycles. The first-order valence-electron chi connectivity index (χ1n) is 14.1. The summed E-state index contributed by atoms with van der Waals surface area (Å²) in [6.45, 7) is -0.181. The quantitative estimate of drug-likeness (QED) is 0.0436. The number of halogens is 3. The molecule has 0 fully saturated rings. The maximum atomic E-state index is 12.1. The van der Waals surface area contributed by atoms with E-state index in [1.54, 1.807) is 36.7 Å².